The van der Waals surface area contributed by atoms with Crippen LogP contribution in [-0.4, -0.2) is 38.3 Å². The number of para-hydroxylation sites is 1. The number of alkyl halides is 3. The summed E-state index contributed by atoms with van der Waals surface area (Å²) in [5.41, 5.74) is 0.689. The highest BCUT2D eigenvalue weighted by Crippen LogP contribution is 2.28. The van der Waals surface area contributed by atoms with Crippen molar-refractivity contribution >= 4 is 23.6 Å². The first kappa shape index (κ1) is 22.8. The van der Waals surface area contributed by atoms with E-state index in [1.807, 2.05) is 6.92 Å². The zero-order valence-corrected chi connectivity index (χ0v) is 16.4. The largest absolute Gasteiger partial charge is 0.493 e. The Labute approximate surface area is 171 Å². The molecule has 0 bridgehead atoms. The van der Waals surface area contributed by atoms with Crippen molar-refractivity contribution in [2.75, 3.05) is 25.6 Å². The summed E-state index contributed by atoms with van der Waals surface area (Å²) in [4.78, 5) is 24.3. The zero-order valence-electron chi connectivity index (χ0n) is 16.4. The fraction of sp³-hybridized carbons (Fsp3) is 0.238. The van der Waals surface area contributed by atoms with Gasteiger partial charge in [0.25, 0.3) is 5.91 Å². The van der Waals surface area contributed by atoms with Gasteiger partial charge in [0.15, 0.2) is 11.5 Å². The smallest absolute Gasteiger partial charge is 0.405 e. The maximum absolute atomic E-state index is 12.3. The summed E-state index contributed by atoms with van der Waals surface area (Å²) in [6.45, 7) is 0.808. The van der Waals surface area contributed by atoms with Crippen molar-refractivity contribution in [3.8, 4) is 11.5 Å². The van der Waals surface area contributed by atoms with Crippen LogP contribution in [0.2, 0.25) is 0 Å². The van der Waals surface area contributed by atoms with Gasteiger partial charge in [0.2, 0.25) is 5.91 Å². The van der Waals surface area contributed by atoms with Crippen molar-refractivity contribution in [2.45, 2.75) is 13.1 Å². The van der Waals surface area contributed by atoms with Gasteiger partial charge in [-0.05, 0) is 42.8 Å². The first-order chi connectivity index (χ1) is 14.2. The van der Waals surface area contributed by atoms with E-state index in [4.69, 9.17) is 9.47 Å². The number of rotatable bonds is 8. The molecular weight excluding hydrogens is 401 g/mol. The van der Waals surface area contributed by atoms with Gasteiger partial charge in [0.1, 0.15) is 6.54 Å². The molecule has 0 saturated heterocycles. The van der Waals surface area contributed by atoms with Crippen molar-refractivity contribution < 1.29 is 32.2 Å². The number of halogens is 3. The molecule has 160 valence electrons. The van der Waals surface area contributed by atoms with Crippen LogP contribution >= 0.6 is 0 Å². The number of carbonyl (C=O) groups is 2. The standard InChI is InChI=1S/C21H21F3N2O4/c1-3-30-18-12-14(8-10-17(18)29-2)9-11-19(27)26-16-7-5-4-6-15(16)20(28)25-13-21(22,23)24/h4-12H,3,13H2,1-2H3,(H,25,28)(H,26,27)/b11-9+. The highest BCUT2D eigenvalue weighted by atomic mass is 19.4. The molecule has 0 radical (unpaired) electrons. The molecule has 2 N–H and O–H groups in total. The fourth-order valence-electron chi connectivity index (χ4n) is 2.48. The van der Waals surface area contributed by atoms with E-state index in [1.54, 1.807) is 29.6 Å². The number of carbonyl (C=O) groups excluding carboxylic acids is 2. The third-order valence-electron chi connectivity index (χ3n) is 3.79. The van der Waals surface area contributed by atoms with Gasteiger partial charge >= 0.3 is 6.18 Å². The van der Waals surface area contributed by atoms with E-state index in [0.29, 0.717) is 23.7 Å². The topological polar surface area (TPSA) is 76.7 Å². The number of amides is 2. The second kappa shape index (κ2) is 10.3. The number of anilines is 1. The summed E-state index contributed by atoms with van der Waals surface area (Å²) < 4.78 is 47.6. The number of methoxy groups -OCH3 is 1. The number of hydrogen-bond acceptors (Lipinski definition) is 4. The maximum Gasteiger partial charge on any atom is 0.405 e. The predicted octanol–water partition coefficient (Wildman–Crippen LogP) is 4.04. The molecule has 6 nitrogen and oxygen atoms in total. The van der Waals surface area contributed by atoms with Crippen molar-refractivity contribution in [1.29, 1.82) is 0 Å². The van der Waals surface area contributed by atoms with Gasteiger partial charge < -0.3 is 20.1 Å². The van der Waals surface area contributed by atoms with Crippen LogP contribution in [0.5, 0.6) is 11.5 Å². The summed E-state index contributed by atoms with van der Waals surface area (Å²) >= 11 is 0. The minimum atomic E-state index is -4.53. The molecule has 0 aromatic heterocycles. The minimum absolute atomic E-state index is 0.0772. The molecule has 0 atom stereocenters. The first-order valence-electron chi connectivity index (χ1n) is 8.97. The number of ether oxygens (including phenoxy) is 2. The Morgan fingerprint density at radius 2 is 1.83 bits per heavy atom. The lowest BCUT2D eigenvalue weighted by molar-refractivity contribution is -0.123. The molecule has 2 aromatic carbocycles. The summed E-state index contributed by atoms with van der Waals surface area (Å²) in [5, 5.41) is 4.28. The van der Waals surface area contributed by atoms with E-state index in [9.17, 15) is 22.8 Å². The zero-order chi connectivity index (χ0) is 22.1. The lowest BCUT2D eigenvalue weighted by atomic mass is 10.1. The Morgan fingerprint density at radius 3 is 2.50 bits per heavy atom. The van der Waals surface area contributed by atoms with E-state index in [0.717, 1.165) is 0 Å². The summed E-state index contributed by atoms with van der Waals surface area (Å²) in [6, 6.07) is 10.9. The van der Waals surface area contributed by atoms with Crippen molar-refractivity contribution in [2.24, 2.45) is 0 Å². The lowest BCUT2D eigenvalue weighted by Crippen LogP contribution is -2.34. The molecule has 0 unspecified atom stereocenters. The van der Waals surface area contributed by atoms with Gasteiger partial charge in [-0.25, -0.2) is 0 Å². The lowest BCUT2D eigenvalue weighted by Gasteiger charge is -2.12. The SMILES string of the molecule is CCOc1cc(/C=C/C(=O)Nc2ccccc2C(=O)NCC(F)(F)F)ccc1OC. The molecule has 2 amide bonds. The van der Waals surface area contributed by atoms with E-state index in [-0.39, 0.29) is 11.3 Å². The van der Waals surface area contributed by atoms with Crippen LogP contribution in [0, 0.1) is 0 Å². The molecule has 9 heteroatoms. The molecule has 0 saturated carbocycles. The van der Waals surface area contributed by atoms with Gasteiger partial charge in [0.05, 0.1) is 25.0 Å². The molecule has 30 heavy (non-hydrogen) atoms. The van der Waals surface area contributed by atoms with E-state index < -0.39 is 24.5 Å². The van der Waals surface area contributed by atoms with E-state index in [2.05, 4.69) is 5.32 Å². The number of hydrogen-bond donors (Lipinski definition) is 2. The third kappa shape index (κ3) is 6.84. The van der Waals surface area contributed by atoms with Crippen molar-refractivity contribution in [3.05, 3.63) is 59.7 Å². The maximum atomic E-state index is 12.3. The van der Waals surface area contributed by atoms with Crippen molar-refractivity contribution in [1.82, 2.24) is 5.32 Å². The molecule has 0 heterocycles. The molecule has 0 aliphatic rings. The average Bonchev–Trinajstić information content (AvgIpc) is 2.71. The van der Waals surface area contributed by atoms with Gasteiger partial charge in [-0.15, -0.1) is 0 Å². The Kier molecular flexibility index (Phi) is 7.85. The molecule has 2 aromatic rings. The summed E-state index contributed by atoms with van der Waals surface area (Å²) in [6.07, 6.45) is -1.76. The summed E-state index contributed by atoms with van der Waals surface area (Å²) in [5.74, 6) is -0.421. The van der Waals surface area contributed by atoms with Crippen LogP contribution in [0.4, 0.5) is 18.9 Å². The number of nitrogens with one attached hydrogen (secondary N) is 2. The number of benzene rings is 2. The Bertz CT molecular complexity index is 927. The fourth-order valence-corrected chi connectivity index (χ4v) is 2.48. The van der Waals surface area contributed by atoms with E-state index in [1.165, 1.54) is 37.5 Å². The van der Waals surface area contributed by atoms with Crippen LogP contribution in [0.15, 0.2) is 48.5 Å². The molecular formula is C21H21F3N2O4. The normalized spacial score (nSPS) is 11.2. The molecule has 0 aliphatic heterocycles. The Morgan fingerprint density at radius 1 is 1.10 bits per heavy atom. The van der Waals surface area contributed by atoms with Crippen LogP contribution in [0.3, 0.4) is 0 Å². The third-order valence-corrected chi connectivity index (χ3v) is 3.79. The molecule has 0 fully saturated rings. The summed E-state index contributed by atoms with van der Waals surface area (Å²) in [7, 11) is 1.52. The Hall–Kier alpha value is -3.49. The van der Waals surface area contributed by atoms with Crippen LogP contribution in [0.25, 0.3) is 6.08 Å². The van der Waals surface area contributed by atoms with Crippen molar-refractivity contribution in [3.63, 3.8) is 0 Å². The monoisotopic (exact) mass is 422 g/mol. The minimum Gasteiger partial charge on any atom is -0.493 e. The van der Waals surface area contributed by atoms with E-state index >= 15 is 0 Å². The quantitative estimate of drug-likeness (QED) is 0.630. The predicted molar refractivity (Wildman–Crippen MR) is 107 cm³/mol. The molecule has 0 spiro atoms. The highest BCUT2D eigenvalue weighted by Gasteiger charge is 2.28. The highest BCUT2D eigenvalue weighted by molar-refractivity contribution is 6.07. The second-order valence-electron chi connectivity index (χ2n) is 6.01. The van der Waals surface area contributed by atoms with Crippen LogP contribution < -0.4 is 20.1 Å². The van der Waals surface area contributed by atoms with Gasteiger partial charge in [0, 0.05) is 6.08 Å². The van der Waals surface area contributed by atoms with Gasteiger partial charge in [-0.2, -0.15) is 13.2 Å². The Balaban J connectivity index is 2.10. The van der Waals surface area contributed by atoms with Gasteiger partial charge in [-0.1, -0.05) is 18.2 Å². The first-order valence-corrected chi connectivity index (χ1v) is 8.97. The average molecular weight is 422 g/mol. The molecule has 0 aliphatic carbocycles. The molecule has 2 rings (SSSR count). The van der Waals surface area contributed by atoms with Crippen LogP contribution in [-0.2, 0) is 4.79 Å². The van der Waals surface area contributed by atoms with Gasteiger partial charge in [-0.3, -0.25) is 9.59 Å². The second-order valence-corrected chi connectivity index (χ2v) is 6.01. The van der Waals surface area contributed by atoms with Crippen LogP contribution in [0.1, 0.15) is 22.8 Å².